The Morgan fingerprint density at radius 3 is 2.20 bits per heavy atom. The molecule has 0 aromatic heterocycles. The van der Waals surface area contributed by atoms with Gasteiger partial charge in [-0.2, -0.15) is 0 Å². The van der Waals surface area contributed by atoms with E-state index in [0.717, 1.165) is 6.92 Å². The number of aliphatic hydroxyl groups excluding tert-OH is 2. The summed E-state index contributed by atoms with van der Waals surface area (Å²) in [6.45, 7) is 10.6. The number of aldehydes is 1. The lowest BCUT2D eigenvalue weighted by atomic mass is 9.82. The monoisotopic (exact) mass is 801 g/mol. The predicted molar refractivity (Wildman–Crippen MR) is 197 cm³/mol. The zero-order chi connectivity index (χ0) is 42.1. The Balaban J connectivity index is 2.01. The molecule has 0 aromatic carbocycles. The fraction of sp³-hybridized carbons (Fsp3) is 0.821. The molecule has 0 spiro atoms. The molecule has 2 fully saturated rings. The molecule has 3 N–H and O–H groups in total. The Bertz CT molecular complexity index is 1360. The second-order valence-corrected chi connectivity index (χ2v) is 15.8. The molecular weight excluding hydrogens is 738 g/mol. The highest BCUT2D eigenvalue weighted by molar-refractivity contribution is 5.82. The zero-order valence-corrected chi connectivity index (χ0v) is 34.2. The van der Waals surface area contributed by atoms with E-state index < -0.39 is 121 Å². The minimum Gasteiger partial charge on any atom is -0.462 e. The fourth-order valence-corrected chi connectivity index (χ4v) is 7.95. The summed E-state index contributed by atoms with van der Waals surface area (Å²) in [7, 11) is 4.76. The standard InChI is InChI=1S/C39H63NO16/c1-20-16-26(14-15-41)35(36(49-10)29(53-24(5)42)18-30(46)50-21(2)17-27(44)12-11-13-28(20)45)56-38-33(47)32(40(8)9)34(22(3)52-38)55-31-19-39(7,48)37(23(4)51-31)54-25(6)43/h11-12,15,20-23,26-27,29,31-38,44,47-48H,13-14,16-19H2,1-10H3/b12-11+/t20-,21-,22-,23+,26+,27?,29-,31+,32-,33-,34-,35+,36+,37+,38+,39-/m1/s1. The largest absolute Gasteiger partial charge is 0.462 e. The molecule has 3 heterocycles. The normalized spacial score (nSPS) is 41.4. The number of esters is 3. The predicted octanol–water partition coefficient (Wildman–Crippen LogP) is 1.39. The summed E-state index contributed by atoms with van der Waals surface area (Å²) in [6.07, 6.45) is -9.50. The highest BCUT2D eigenvalue weighted by Gasteiger charge is 2.53. The number of cyclic esters (lactones) is 1. The van der Waals surface area contributed by atoms with Crippen molar-refractivity contribution in [2.45, 2.75) is 172 Å². The number of ether oxygens (including phenoxy) is 8. The molecule has 16 atom stereocenters. The Morgan fingerprint density at radius 2 is 1.62 bits per heavy atom. The molecular formula is C39H63NO16. The molecule has 320 valence electrons. The molecule has 3 aliphatic rings. The van der Waals surface area contributed by atoms with Gasteiger partial charge in [-0.1, -0.05) is 19.1 Å². The number of rotatable bonds is 10. The lowest BCUT2D eigenvalue weighted by Crippen LogP contribution is -2.66. The number of Topliss-reactive ketones (excluding diaryl/α,β-unsaturated/α-hetero) is 1. The van der Waals surface area contributed by atoms with Crippen LogP contribution in [-0.2, 0) is 61.9 Å². The molecule has 17 nitrogen and oxygen atoms in total. The first-order chi connectivity index (χ1) is 26.2. The third kappa shape index (κ3) is 13.1. The van der Waals surface area contributed by atoms with Crippen LogP contribution in [-0.4, -0.2) is 157 Å². The summed E-state index contributed by atoms with van der Waals surface area (Å²) in [4.78, 5) is 64.6. The maximum absolute atomic E-state index is 13.3. The van der Waals surface area contributed by atoms with E-state index in [4.69, 9.17) is 37.9 Å². The van der Waals surface area contributed by atoms with Gasteiger partial charge in [-0.3, -0.25) is 19.2 Å². The lowest BCUT2D eigenvalue weighted by Gasteiger charge is -2.50. The highest BCUT2D eigenvalue weighted by atomic mass is 16.7. The summed E-state index contributed by atoms with van der Waals surface area (Å²) in [6, 6.07) is -0.807. The van der Waals surface area contributed by atoms with Crippen LogP contribution in [0.4, 0.5) is 0 Å². The van der Waals surface area contributed by atoms with Crippen molar-refractivity contribution in [2.75, 3.05) is 21.2 Å². The van der Waals surface area contributed by atoms with E-state index >= 15 is 0 Å². The van der Waals surface area contributed by atoms with Crippen molar-refractivity contribution in [3.63, 3.8) is 0 Å². The maximum Gasteiger partial charge on any atom is 0.309 e. The minimum absolute atomic E-state index is 0.00724. The van der Waals surface area contributed by atoms with Gasteiger partial charge in [0.05, 0.1) is 36.9 Å². The van der Waals surface area contributed by atoms with Crippen LogP contribution in [0.15, 0.2) is 12.2 Å². The Labute approximate surface area is 329 Å². The van der Waals surface area contributed by atoms with Gasteiger partial charge in [0.25, 0.3) is 0 Å². The number of hydrogen-bond donors (Lipinski definition) is 3. The van der Waals surface area contributed by atoms with Gasteiger partial charge >= 0.3 is 17.9 Å². The van der Waals surface area contributed by atoms with Crippen LogP contribution in [0, 0.1) is 11.8 Å². The SMILES string of the molecule is CO[C@@H]1[C@@H](O[C@@H]2O[C@H](C)[C@@H](O[C@H]3C[C@@](C)(O)[C@@H](OC(C)=O)[C@H](C)O3)[C@H](N(C)C)[C@H]2O)[C@@H](CC=O)C[C@@H](C)C(=O)C/C=C/C(O)C[C@@H](C)OC(=O)C[C@H]1OC(C)=O. The third-order valence-electron chi connectivity index (χ3n) is 10.6. The molecule has 17 heteroatoms. The fourth-order valence-electron chi connectivity index (χ4n) is 7.95. The Hall–Kier alpha value is -2.87. The van der Waals surface area contributed by atoms with E-state index in [-0.39, 0.29) is 37.9 Å². The van der Waals surface area contributed by atoms with E-state index in [1.807, 2.05) is 0 Å². The van der Waals surface area contributed by atoms with Crippen LogP contribution in [0.2, 0.25) is 0 Å². The molecule has 0 bridgehead atoms. The molecule has 0 aliphatic carbocycles. The average Bonchev–Trinajstić information content (AvgIpc) is 3.06. The molecule has 56 heavy (non-hydrogen) atoms. The number of nitrogens with zero attached hydrogens (tertiary/aromatic N) is 1. The van der Waals surface area contributed by atoms with E-state index in [1.54, 1.807) is 52.8 Å². The number of likely N-dealkylation sites (N-methyl/N-ethyl adjacent to an activating group) is 1. The van der Waals surface area contributed by atoms with Gasteiger partial charge in [-0.05, 0) is 54.1 Å². The van der Waals surface area contributed by atoms with Gasteiger partial charge in [0.1, 0.15) is 48.2 Å². The molecule has 0 amide bonds. The molecule has 2 saturated heterocycles. The van der Waals surface area contributed by atoms with E-state index in [2.05, 4.69) is 0 Å². The second-order valence-electron chi connectivity index (χ2n) is 15.8. The van der Waals surface area contributed by atoms with Crippen LogP contribution < -0.4 is 0 Å². The molecule has 0 aromatic rings. The van der Waals surface area contributed by atoms with Crippen molar-refractivity contribution in [3.05, 3.63) is 12.2 Å². The number of carbonyl (C=O) groups excluding carboxylic acids is 5. The second kappa shape index (κ2) is 21.2. The van der Waals surface area contributed by atoms with Crippen molar-refractivity contribution in [1.82, 2.24) is 4.90 Å². The van der Waals surface area contributed by atoms with Gasteiger partial charge in [0.2, 0.25) is 0 Å². The third-order valence-corrected chi connectivity index (χ3v) is 10.6. The first kappa shape index (κ1) is 47.5. The lowest BCUT2D eigenvalue weighted by molar-refractivity contribution is -0.344. The quantitative estimate of drug-likeness (QED) is 0.123. The van der Waals surface area contributed by atoms with Crippen LogP contribution in [0.1, 0.15) is 87.0 Å². The minimum atomic E-state index is -1.50. The van der Waals surface area contributed by atoms with Crippen LogP contribution in [0.5, 0.6) is 0 Å². The molecule has 1 unspecified atom stereocenters. The topological polar surface area (TPSA) is 223 Å². The Kier molecular flexibility index (Phi) is 18.0. The smallest absolute Gasteiger partial charge is 0.309 e. The summed E-state index contributed by atoms with van der Waals surface area (Å²) in [5.74, 6) is -3.64. The number of carbonyl (C=O) groups is 5. The summed E-state index contributed by atoms with van der Waals surface area (Å²) in [5.41, 5.74) is -1.50. The van der Waals surface area contributed by atoms with Crippen molar-refractivity contribution in [2.24, 2.45) is 11.8 Å². The summed E-state index contributed by atoms with van der Waals surface area (Å²) < 4.78 is 47.7. The van der Waals surface area contributed by atoms with E-state index in [1.165, 1.54) is 27.0 Å². The van der Waals surface area contributed by atoms with E-state index in [9.17, 15) is 39.3 Å². The van der Waals surface area contributed by atoms with Gasteiger partial charge in [0, 0.05) is 52.6 Å². The maximum atomic E-state index is 13.3. The molecule has 0 saturated carbocycles. The number of aliphatic hydroxyl groups is 3. The van der Waals surface area contributed by atoms with Crippen molar-refractivity contribution >= 4 is 30.0 Å². The van der Waals surface area contributed by atoms with E-state index in [0.29, 0.717) is 6.29 Å². The molecule has 0 radical (unpaired) electrons. The number of hydrogen-bond acceptors (Lipinski definition) is 17. The Morgan fingerprint density at radius 1 is 0.964 bits per heavy atom. The number of ketones is 1. The summed E-state index contributed by atoms with van der Waals surface area (Å²) >= 11 is 0. The van der Waals surface area contributed by atoms with Gasteiger partial charge in [0.15, 0.2) is 18.7 Å². The van der Waals surface area contributed by atoms with Crippen LogP contribution >= 0.6 is 0 Å². The average molecular weight is 802 g/mol. The number of methoxy groups -OCH3 is 1. The molecule has 3 aliphatic heterocycles. The van der Waals surface area contributed by atoms with Gasteiger partial charge in [-0.15, -0.1) is 0 Å². The van der Waals surface area contributed by atoms with Crippen LogP contribution in [0.25, 0.3) is 0 Å². The zero-order valence-electron chi connectivity index (χ0n) is 34.2. The number of allylic oxidation sites excluding steroid dienone is 1. The van der Waals surface area contributed by atoms with Crippen molar-refractivity contribution in [1.29, 1.82) is 0 Å². The van der Waals surface area contributed by atoms with Gasteiger partial charge in [-0.25, -0.2) is 0 Å². The highest BCUT2D eigenvalue weighted by Crippen LogP contribution is 2.37. The van der Waals surface area contributed by atoms with Crippen LogP contribution in [0.3, 0.4) is 0 Å². The molecule has 3 rings (SSSR count). The van der Waals surface area contributed by atoms with Crippen molar-refractivity contribution < 1.29 is 77.2 Å². The van der Waals surface area contributed by atoms with Crippen molar-refractivity contribution in [3.8, 4) is 0 Å². The first-order valence-electron chi connectivity index (χ1n) is 19.2. The summed E-state index contributed by atoms with van der Waals surface area (Å²) in [5, 5.41) is 33.6. The van der Waals surface area contributed by atoms with Gasteiger partial charge < -0.3 is 62.9 Å². The first-order valence-corrected chi connectivity index (χ1v) is 19.2.